The van der Waals surface area contributed by atoms with Gasteiger partial charge in [-0.3, -0.25) is 4.79 Å². The zero-order valence-corrected chi connectivity index (χ0v) is 18.3. The maximum atomic E-state index is 12.8. The largest absolute Gasteiger partial charge is 0.465 e. The number of terminal acetylenes is 1. The van der Waals surface area contributed by atoms with Crippen LogP contribution in [0.5, 0.6) is 0 Å². The molecule has 0 radical (unpaired) electrons. The van der Waals surface area contributed by atoms with E-state index in [4.69, 9.17) is 15.9 Å². The first-order chi connectivity index (χ1) is 14.5. The molecule has 1 atom stereocenters. The van der Waals surface area contributed by atoms with Crippen LogP contribution in [0.3, 0.4) is 0 Å². The molecule has 1 heterocycles. The van der Waals surface area contributed by atoms with E-state index < -0.39 is 33.8 Å². The van der Waals surface area contributed by atoms with Gasteiger partial charge in [-0.15, -0.1) is 6.42 Å². The Balaban J connectivity index is 2.22. The van der Waals surface area contributed by atoms with Crippen molar-refractivity contribution >= 4 is 27.7 Å². The van der Waals surface area contributed by atoms with Crippen LogP contribution in [0.15, 0.2) is 29.2 Å². The number of sulfonamides is 1. The highest BCUT2D eigenvalue weighted by Crippen LogP contribution is 2.21. The summed E-state index contributed by atoms with van der Waals surface area (Å²) in [6.45, 7) is 4.37. The summed E-state index contributed by atoms with van der Waals surface area (Å²) in [4.78, 5) is 39.8. The Morgan fingerprint density at radius 1 is 1.23 bits per heavy atom. The lowest BCUT2D eigenvalue weighted by Crippen LogP contribution is -2.26. The molecule has 0 aliphatic carbocycles. The van der Waals surface area contributed by atoms with Gasteiger partial charge in [0.15, 0.2) is 6.10 Å². The minimum Gasteiger partial charge on any atom is -0.465 e. The smallest absolute Gasteiger partial charge is 0.339 e. The minimum absolute atomic E-state index is 0.0575. The summed E-state index contributed by atoms with van der Waals surface area (Å²) in [7, 11) is -2.67. The number of ketones is 1. The molecular formula is C21H22N2O7S. The fourth-order valence-corrected chi connectivity index (χ4v) is 3.88. The van der Waals surface area contributed by atoms with Crippen LogP contribution in [0.4, 0.5) is 0 Å². The average molecular weight is 446 g/mol. The maximum Gasteiger partial charge on any atom is 0.339 e. The van der Waals surface area contributed by atoms with Crippen molar-refractivity contribution in [1.82, 2.24) is 9.71 Å². The van der Waals surface area contributed by atoms with E-state index in [2.05, 4.69) is 15.6 Å². The van der Waals surface area contributed by atoms with E-state index in [9.17, 15) is 22.8 Å². The molecule has 0 aliphatic heterocycles. The highest BCUT2D eigenvalue weighted by atomic mass is 32.2. The number of aromatic amines is 1. The summed E-state index contributed by atoms with van der Waals surface area (Å²) in [5.41, 5.74) is 1.13. The van der Waals surface area contributed by atoms with Gasteiger partial charge in [0.2, 0.25) is 15.8 Å². The number of carbonyl (C=O) groups is 3. The van der Waals surface area contributed by atoms with Gasteiger partial charge in [0, 0.05) is 5.69 Å². The van der Waals surface area contributed by atoms with Gasteiger partial charge in [-0.25, -0.2) is 18.0 Å². The number of aromatic nitrogens is 1. The van der Waals surface area contributed by atoms with Crippen molar-refractivity contribution in [2.75, 3.05) is 13.7 Å². The zero-order valence-electron chi connectivity index (χ0n) is 17.4. The highest BCUT2D eigenvalue weighted by molar-refractivity contribution is 7.89. The van der Waals surface area contributed by atoms with E-state index in [0.29, 0.717) is 11.3 Å². The molecule has 1 unspecified atom stereocenters. The fraction of sp³-hybridized carbons (Fsp3) is 0.286. The molecule has 0 saturated heterocycles. The third-order valence-electron chi connectivity index (χ3n) is 4.47. The van der Waals surface area contributed by atoms with Gasteiger partial charge >= 0.3 is 11.9 Å². The summed E-state index contributed by atoms with van der Waals surface area (Å²) in [6.07, 6.45) is 3.86. The monoisotopic (exact) mass is 446 g/mol. The number of Topliss-reactive ketones (excluding diaryl/α,β-unsaturated/α-hetero) is 1. The Bertz CT molecular complexity index is 1170. The average Bonchev–Trinajstić information content (AvgIpc) is 3.05. The van der Waals surface area contributed by atoms with Crippen molar-refractivity contribution in [3.63, 3.8) is 0 Å². The molecule has 0 fully saturated rings. The van der Waals surface area contributed by atoms with Crippen molar-refractivity contribution in [2.24, 2.45) is 0 Å². The lowest BCUT2D eigenvalue weighted by molar-refractivity contribution is 0.0316. The van der Waals surface area contributed by atoms with Crippen LogP contribution in [-0.2, 0) is 19.5 Å². The van der Waals surface area contributed by atoms with Crippen LogP contribution in [0.2, 0.25) is 0 Å². The maximum absolute atomic E-state index is 12.8. The summed E-state index contributed by atoms with van der Waals surface area (Å²) in [5, 5.41) is 0. The molecular weight excluding hydrogens is 424 g/mol. The molecule has 0 aliphatic rings. The van der Waals surface area contributed by atoms with Crippen LogP contribution in [0.1, 0.15) is 49.4 Å². The molecule has 0 spiro atoms. The third kappa shape index (κ3) is 5.20. The van der Waals surface area contributed by atoms with Gasteiger partial charge in [0.05, 0.1) is 35.4 Å². The summed E-state index contributed by atoms with van der Waals surface area (Å²) in [5.74, 6) is 0.126. The molecule has 1 aromatic carbocycles. The number of ether oxygens (including phenoxy) is 2. The molecule has 0 saturated carbocycles. The number of hydrogen-bond acceptors (Lipinski definition) is 7. The van der Waals surface area contributed by atoms with E-state index in [1.54, 1.807) is 13.8 Å². The van der Waals surface area contributed by atoms with Gasteiger partial charge in [-0.05, 0) is 44.5 Å². The van der Waals surface area contributed by atoms with Gasteiger partial charge in [0.1, 0.15) is 0 Å². The molecule has 2 rings (SSSR count). The fourth-order valence-electron chi connectivity index (χ4n) is 2.90. The van der Waals surface area contributed by atoms with E-state index in [-0.39, 0.29) is 28.3 Å². The first kappa shape index (κ1) is 23.9. The molecule has 2 N–H and O–H groups in total. The Hall–Kier alpha value is -3.42. The van der Waals surface area contributed by atoms with Gasteiger partial charge in [-0.1, -0.05) is 12.0 Å². The lowest BCUT2D eigenvalue weighted by Gasteiger charge is -2.13. The van der Waals surface area contributed by atoms with Gasteiger partial charge in [-0.2, -0.15) is 4.72 Å². The number of rotatable bonds is 8. The Morgan fingerprint density at radius 2 is 1.90 bits per heavy atom. The summed E-state index contributed by atoms with van der Waals surface area (Å²) < 4.78 is 36.5. The third-order valence-corrected chi connectivity index (χ3v) is 5.87. The van der Waals surface area contributed by atoms with E-state index >= 15 is 0 Å². The van der Waals surface area contributed by atoms with Crippen LogP contribution >= 0.6 is 0 Å². The topological polar surface area (TPSA) is 132 Å². The number of carbonyl (C=O) groups excluding carboxylic acids is 3. The van der Waals surface area contributed by atoms with E-state index in [0.717, 1.165) is 6.07 Å². The van der Waals surface area contributed by atoms with E-state index in [1.165, 1.54) is 32.2 Å². The molecule has 0 amide bonds. The normalized spacial score (nSPS) is 12.0. The summed E-state index contributed by atoms with van der Waals surface area (Å²) >= 11 is 0. The van der Waals surface area contributed by atoms with Crippen LogP contribution in [0, 0.1) is 26.2 Å². The molecule has 31 heavy (non-hydrogen) atoms. The molecule has 0 bridgehead atoms. The van der Waals surface area contributed by atoms with Gasteiger partial charge in [0.25, 0.3) is 0 Å². The van der Waals surface area contributed by atoms with Crippen molar-refractivity contribution in [1.29, 1.82) is 0 Å². The van der Waals surface area contributed by atoms with Crippen LogP contribution in [-0.4, -0.2) is 50.9 Å². The SMILES string of the molecule is C#CCNS(=O)(=O)c1cccc(C(=O)OC(C)C(=O)c2[nH]c(C)c(C(=O)OC)c2C)c1. The van der Waals surface area contributed by atoms with Crippen molar-refractivity contribution in [3.05, 3.63) is 52.3 Å². The molecule has 2 aromatic rings. The van der Waals surface area contributed by atoms with Crippen molar-refractivity contribution in [3.8, 4) is 12.3 Å². The number of esters is 2. The predicted octanol–water partition coefficient (Wildman–Crippen LogP) is 1.76. The number of benzene rings is 1. The second kappa shape index (κ2) is 9.59. The second-order valence-corrected chi connectivity index (χ2v) is 8.35. The molecule has 9 nitrogen and oxygen atoms in total. The molecule has 1 aromatic heterocycles. The minimum atomic E-state index is -3.90. The zero-order chi connectivity index (χ0) is 23.3. The Labute approximate surface area is 180 Å². The highest BCUT2D eigenvalue weighted by Gasteiger charge is 2.28. The number of H-pyrrole nitrogens is 1. The number of aryl methyl sites for hydroxylation is 1. The van der Waals surface area contributed by atoms with Crippen LogP contribution < -0.4 is 4.72 Å². The van der Waals surface area contributed by atoms with Crippen molar-refractivity contribution < 1.29 is 32.3 Å². The Morgan fingerprint density at radius 3 is 2.52 bits per heavy atom. The van der Waals surface area contributed by atoms with Crippen molar-refractivity contribution in [2.45, 2.75) is 31.8 Å². The number of methoxy groups -OCH3 is 1. The number of hydrogen-bond donors (Lipinski definition) is 2. The standard InChI is InChI=1S/C21H22N2O7S/c1-6-10-22-31(27,28)16-9-7-8-15(11-16)20(25)30-14(4)19(24)18-12(2)17(13(3)23-18)21(26)29-5/h1,7-9,11,14,22-23H,10H2,2-5H3. The van der Waals surface area contributed by atoms with E-state index in [1.807, 2.05) is 0 Å². The second-order valence-electron chi connectivity index (χ2n) is 6.58. The lowest BCUT2D eigenvalue weighted by atomic mass is 10.1. The quantitative estimate of drug-likeness (QED) is 0.359. The first-order valence-corrected chi connectivity index (χ1v) is 10.6. The Kier molecular flexibility index (Phi) is 7.38. The summed E-state index contributed by atoms with van der Waals surface area (Å²) in [6, 6.07) is 5.15. The molecule has 10 heteroatoms. The predicted molar refractivity (Wildman–Crippen MR) is 111 cm³/mol. The van der Waals surface area contributed by atoms with Crippen LogP contribution in [0.25, 0.3) is 0 Å². The molecule has 164 valence electrons. The van der Waals surface area contributed by atoms with Gasteiger partial charge < -0.3 is 14.5 Å². The number of nitrogens with one attached hydrogen (secondary N) is 2. The first-order valence-electron chi connectivity index (χ1n) is 9.09.